The molecule has 3 heterocycles. The average molecular weight is 441 g/mol. The van der Waals surface area contributed by atoms with E-state index in [2.05, 4.69) is 10.3 Å². The van der Waals surface area contributed by atoms with Crippen molar-refractivity contribution >= 4 is 11.8 Å². The summed E-state index contributed by atoms with van der Waals surface area (Å²) < 4.78 is 7.25. The number of hydrogen-bond donors (Lipinski definition) is 1. The van der Waals surface area contributed by atoms with Crippen LogP contribution in [0, 0.1) is 0 Å². The lowest BCUT2D eigenvalue weighted by molar-refractivity contribution is -0.126. The Balaban J connectivity index is 1.35. The van der Waals surface area contributed by atoms with Crippen LogP contribution in [0.1, 0.15) is 40.2 Å². The van der Waals surface area contributed by atoms with Gasteiger partial charge >= 0.3 is 0 Å². The second kappa shape index (κ2) is 8.78. The Morgan fingerprint density at radius 2 is 1.85 bits per heavy atom. The van der Waals surface area contributed by atoms with Crippen molar-refractivity contribution in [2.75, 3.05) is 0 Å². The van der Waals surface area contributed by atoms with Crippen LogP contribution >= 0.6 is 0 Å². The molecule has 5 rings (SSSR count). The third-order valence-electron chi connectivity index (χ3n) is 6.10. The van der Waals surface area contributed by atoms with Crippen molar-refractivity contribution in [1.29, 1.82) is 0 Å². The van der Waals surface area contributed by atoms with E-state index in [1.807, 2.05) is 66.2 Å². The minimum atomic E-state index is -0.620. The Bertz CT molecular complexity index is 1250. The summed E-state index contributed by atoms with van der Waals surface area (Å²) in [6, 6.07) is 18.3. The van der Waals surface area contributed by atoms with E-state index < -0.39 is 6.04 Å². The molecule has 2 aromatic heterocycles. The standard InChI is InChI=1S/C26H24N4O3/c1-18(19-8-10-22(11-9-19)29-13-12-27-17-29)28-25(31)23-15-20-5-2-3-6-21(20)16-30(23)26(32)24-7-4-14-33-24/h2-14,17-18,23H,15-16H2,1H3,(H,28,31)/t18-,23-/m1/s1. The maximum atomic E-state index is 13.4. The fourth-order valence-corrected chi connectivity index (χ4v) is 4.25. The fraction of sp³-hybridized carbons (Fsp3) is 0.192. The second-order valence-electron chi connectivity index (χ2n) is 8.19. The van der Waals surface area contributed by atoms with E-state index in [0.717, 1.165) is 22.4 Å². The Hall–Kier alpha value is -4.13. The van der Waals surface area contributed by atoms with Crippen molar-refractivity contribution in [2.24, 2.45) is 0 Å². The highest BCUT2D eigenvalue weighted by Crippen LogP contribution is 2.26. The zero-order valence-corrected chi connectivity index (χ0v) is 18.2. The number of nitrogens with one attached hydrogen (secondary N) is 1. The first-order valence-electron chi connectivity index (χ1n) is 10.9. The van der Waals surface area contributed by atoms with Gasteiger partial charge in [0.05, 0.1) is 18.6 Å². The van der Waals surface area contributed by atoms with Crippen LogP contribution in [0.5, 0.6) is 0 Å². The van der Waals surface area contributed by atoms with Crippen LogP contribution in [0.15, 0.2) is 90.1 Å². The number of amides is 2. The summed E-state index contributed by atoms with van der Waals surface area (Å²) in [6.07, 6.45) is 7.28. The number of benzene rings is 2. The number of imidazole rings is 1. The third-order valence-corrected chi connectivity index (χ3v) is 6.10. The van der Waals surface area contributed by atoms with E-state index >= 15 is 0 Å². The molecule has 0 aliphatic carbocycles. The lowest BCUT2D eigenvalue weighted by Gasteiger charge is -2.36. The van der Waals surface area contributed by atoms with Gasteiger partial charge in [-0.3, -0.25) is 9.59 Å². The molecular weight excluding hydrogens is 416 g/mol. The first-order chi connectivity index (χ1) is 16.1. The molecule has 7 nitrogen and oxygen atoms in total. The van der Waals surface area contributed by atoms with Crippen LogP contribution in [0.25, 0.3) is 5.69 Å². The highest BCUT2D eigenvalue weighted by molar-refractivity contribution is 5.96. The second-order valence-corrected chi connectivity index (χ2v) is 8.19. The SMILES string of the molecule is C[C@@H](NC(=O)[C@H]1Cc2ccccc2CN1C(=O)c1ccco1)c1ccc(-n2ccnc2)cc1. The van der Waals surface area contributed by atoms with Crippen LogP contribution in [0.2, 0.25) is 0 Å². The van der Waals surface area contributed by atoms with Gasteiger partial charge in [0.15, 0.2) is 5.76 Å². The van der Waals surface area contributed by atoms with E-state index in [-0.39, 0.29) is 23.6 Å². The van der Waals surface area contributed by atoms with E-state index in [0.29, 0.717) is 13.0 Å². The molecule has 0 unspecified atom stereocenters. The van der Waals surface area contributed by atoms with E-state index in [1.165, 1.54) is 6.26 Å². The third kappa shape index (κ3) is 4.17. The number of carbonyl (C=O) groups is 2. The molecule has 33 heavy (non-hydrogen) atoms. The molecule has 2 aromatic carbocycles. The van der Waals surface area contributed by atoms with Crippen molar-refractivity contribution in [3.63, 3.8) is 0 Å². The molecule has 0 saturated heterocycles. The smallest absolute Gasteiger partial charge is 0.290 e. The van der Waals surface area contributed by atoms with Crippen LogP contribution < -0.4 is 5.32 Å². The zero-order chi connectivity index (χ0) is 22.8. The summed E-state index contributed by atoms with van der Waals surface area (Å²) in [5.74, 6) is -0.238. The predicted octanol–water partition coefficient (Wildman–Crippen LogP) is 3.91. The quantitative estimate of drug-likeness (QED) is 0.510. The molecule has 7 heteroatoms. The maximum absolute atomic E-state index is 13.4. The number of nitrogens with zero attached hydrogens (tertiary/aromatic N) is 3. The topological polar surface area (TPSA) is 80.4 Å². The molecule has 0 fully saturated rings. The number of rotatable bonds is 5. The van der Waals surface area contributed by atoms with Crippen LogP contribution in [-0.4, -0.2) is 32.3 Å². The molecule has 0 saturated carbocycles. The highest BCUT2D eigenvalue weighted by Gasteiger charge is 2.36. The normalized spacial score (nSPS) is 16.2. The summed E-state index contributed by atoms with van der Waals surface area (Å²) in [5.41, 5.74) is 4.10. The molecular formula is C26H24N4O3. The van der Waals surface area contributed by atoms with Gasteiger partial charge in [0.1, 0.15) is 6.04 Å². The molecule has 1 aliphatic heterocycles. The number of aromatic nitrogens is 2. The largest absolute Gasteiger partial charge is 0.459 e. The maximum Gasteiger partial charge on any atom is 0.290 e. The van der Waals surface area contributed by atoms with Gasteiger partial charge in [-0.2, -0.15) is 0 Å². The Kier molecular flexibility index (Phi) is 5.52. The fourth-order valence-electron chi connectivity index (χ4n) is 4.25. The first-order valence-corrected chi connectivity index (χ1v) is 10.9. The molecule has 0 spiro atoms. The molecule has 0 bridgehead atoms. The summed E-state index contributed by atoms with van der Waals surface area (Å²) in [5, 5.41) is 3.10. The number of furan rings is 1. The number of fused-ring (bicyclic) bond motifs is 1. The summed E-state index contributed by atoms with van der Waals surface area (Å²) in [7, 11) is 0. The highest BCUT2D eigenvalue weighted by atomic mass is 16.3. The van der Waals surface area contributed by atoms with Crippen LogP contribution in [0.4, 0.5) is 0 Å². The van der Waals surface area contributed by atoms with Gasteiger partial charge in [-0.1, -0.05) is 36.4 Å². The van der Waals surface area contributed by atoms with Crippen molar-refractivity contribution in [3.8, 4) is 5.69 Å². The number of carbonyl (C=O) groups excluding carboxylic acids is 2. The van der Waals surface area contributed by atoms with Crippen molar-refractivity contribution < 1.29 is 14.0 Å². The summed E-state index contributed by atoms with van der Waals surface area (Å²) >= 11 is 0. The van der Waals surface area contributed by atoms with Crippen molar-refractivity contribution in [2.45, 2.75) is 32.0 Å². The first kappa shape index (κ1) is 20.8. The van der Waals surface area contributed by atoms with Crippen molar-refractivity contribution in [3.05, 3.63) is 108 Å². The molecule has 2 amide bonds. The molecule has 0 radical (unpaired) electrons. The van der Waals surface area contributed by atoms with Crippen molar-refractivity contribution in [1.82, 2.24) is 19.8 Å². The molecule has 166 valence electrons. The zero-order valence-electron chi connectivity index (χ0n) is 18.2. The Morgan fingerprint density at radius 3 is 2.55 bits per heavy atom. The number of hydrogen-bond acceptors (Lipinski definition) is 4. The molecule has 1 N–H and O–H groups in total. The minimum Gasteiger partial charge on any atom is -0.459 e. The molecule has 4 aromatic rings. The summed E-state index contributed by atoms with van der Waals surface area (Å²) in [6.45, 7) is 2.31. The van der Waals surface area contributed by atoms with Gasteiger partial charge in [0.2, 0.25) is 5.91 Å². The lowest BCUT2D eigenvalue weighted by atomic mass is 9.93. The monoisotopic (exact) mass is 440 g/mol. The molecule has 1 aliphatic rings. The van der Waals surface area contributed by atoms with E-state index in [9.17, 15) is 9.59 Å². The minimum absolute atomic E-state index is 0.185. The van der Waals surface area contributed by atoms with E-state index in [4.69, 9.17) is 4.42 Å². The Morgan fingerprint density at radius 1 is 1.06 bits per heavy atom. The van der Waals surface area contributed by atoms with Gasteiger partial charge in [-0.15, -0.1) is 0 Å². The van der Waals surface area contributed by atoms with Gasteiger partial charge in [-0.25, -0.2) is 4.98 Å². The van der Waals surface area contributed by atoms with Gasteiger partial charge in [0, 0.05) is 31.0 Å². The van der Waals surface area contributed by atoms with Gasteiger partial charge in [-0.05, 0) is 47.9 Å². The van der Waals surface area contributed by atoms with Crippen LogP contribution in [-0.2, 0) is 17.8 Å². The Labute approximate surface area is 191 Å². The van der Waals surface area contributed by atoms with Crippen LogP contribution in [0.3, 0.4) is 0 Å². The predicted molar refractivity (Wildman–Crippen MR) is 123 cm³/mol. The summed E-state index contributed by atoms with van der Waals surface area (Å²) in [4.78, 5) is 32.2. The van der Waals surface area contributed by atoms with E-state index in [1.54, 1.807) is 29.6 Å². The van der Waals surface area contributed by atoms with Gasteiger partial charge < -0.3 is 19.2 Å². The lowest BCUT2D eigenvalue weighted by Crippen LogP contribution is -2.52. The molecule has 2 atom stereocenters. The average Bonchev–Trinajstić information content (AvgIpc) is 3.57. The van der Waals surface area contributed by atoms with Gasteiger partial charge in [0.25, 0.3) is 5.91 Å².